The van der Waals surface area contributed by atoms with Crippen LogP contribution in [0.3, 0.4) is 0 Å². The summed E-state index contributed by atoms with van der Waals surface area (Å²) in [4.78, 5) is 11.9. The van der Waals surface area contributed by atoms with Crippen LogP contribution in [0.1, 0.15) is 33.5 Å². The summed E-state index contributed by atoms with van der Waals surface area (Å²) in [5, 5.41) is 20.1. The van der Waals surface area contributed by atoms with E-state index in [2.05, 4.69) is 0 Å². The van der Waals surface area contributed by atoms with Crippen molar-refractivity contribution in [3.05, 3.63) is 137 Å². The average molecular weight is 761 g/mol. The second-order valence-corrected chi connectivity index (χ2v) is 15.1. The van der Waals surface area contributed by atoms with Crippen LogP contribution in [0.15, 0.2) is 102 Å². The van der Waals surface area contributed by atoms with E-state index < -0.39 is 71.4 Å². The Morgan fingerprint density at radius 3 is 1.89 bits per heavy atom. The number of rotatable bonds is 8. The van der Waals surface area contributed by atoms with Crippen molar-refractivity contribution in [2.24, 2.45) is 0 Å². The summed E-state index contributed by atoms with van der Waals surface area (Å²) in [6.45, 7) is 0. The zero-order valence-electron chi connectivity index (χ0n) is 26.9. The van der Waals surface area contributed by atoms with E-state index in [-0.39, 0.29) is 50.0 Å². The molecule has 5 aromatic carbocycles. The molecule has 0 saturated heterocycles. The number of carbonyl (C=O) groups excluding carboxylic acids is 1. The minimum atomic E-state index is -4.81. The number of sulfonamides is 1. The van der Waals surface area contributed by atoms with Gasteiger partial charge in [0.1, 0.15) is 17.5 Å². The molecule has 1 N–H and O–H groups in total. The zero-order valence-corrected chi connectivity index (χ0v) is 28.5. The van der Waals surface area contributed by atoms with Crippen molar-refractivity contribution >= 4 is 36.9 Å². The molecular formula is C37H21F5N4O5S2. The lowest BCUT2D eigenvalue weighted by Crippen LogP contribution is -2.29. The van der Waals surface area contributed by atoms with E-state index in [0.29, 0.717) is 18.4 Å². The Kier molecular flexibility index (Phi) is 9.38. The van der Waals surface area contributed by atoms with Crippen LogP contribution in [0.4, 0.5) is 22.0 Å². The molecular weight excluding hydrogens is 740 g/mol. The molecule has 0 bridgehead atoms. The molecule has 16 heteroatoms. The lowest BCUT2D eigenvalue weighted by Gasteiger charge is -2.16. The average Bonchev–Trinajstić information content (AvgIpc) is 3.45. The van der Waals surface area contributed by atoms with E-state index in [9.17, 15) is 40.9 Å². The summed E-state index contributed by atoms with van der Waals surface area (Å²) >= 11 is 0. The first-order chi connectivity index (χ1) is 25.0. The van der Waals surface area contributed by atoms with Gasteiger partial charge >= 0.3 is 0 Å². The summed E-state index contributed by atoms with van der Waals surface area (Å²) in [6.07, 6.45) is -2.24. The molecule has 0 aliphatic rings. The maximum absolute atomic E-state index is 15.6. The fourth-order valence-electron chi connectivity index (χ4n) is 5.93. The van der Waals surface area contributed by atoms with Gasteiger partial charge in [0.2, 0.25) is 10.0 Å². The number of hydrogen-bond acceptors (Lipinski definition) is 7. The SMILES string of the molecule is CS(=O)(=O)NC(=O)c1cc(F)c(-c2cccc(-c3c(-c4c(C#N)cccc4C#N)c4cc(F)ccc4n3S(=O)(=O)c3ccc(C(F)F)cc3)c2)c(F)c1. The van der Waals surface area contributed by atoms with Crippen molar-refractivity contribution in [3.8, 4) is 45.6 Å². The number of hydrogen-bond donors (Lipinski definition) is 1. The van der Waals surface area contributed by atoms with E-state index in [1.165, 1.54) is 42.5 Å². The Morgan fingerprint density at radius 2 is 1.32 bits per heavy atom. The lowest BCUT2D eigenvalue weighted by molar-refractivity contribution is 0.0980. The second kappa shape index (κ2) is 13.6. The van der Waals surface area contributed by atoms with E-state index in [1.807, 2.05) is 12.1 Å². The number of amides is 1. The Labute approximate surface area is 298 Å². The first-order valence-electron chi connectivity index (χ1n) is 15.1. The molecule has 9 nitrogen and oxygen atoms in total. The predicted octanol–water partition coefficient (Wildman–Crippen LogP) is 7.67. The molecule has 1 amide bonds. The molecule has 6 aromatic rings. The number of fused-ring (bicyclic) bond motifs is 1. The molecule has 0 aliphatic carbocycles. The Bertz CT molecular complexity index is 2750. The Balaban J connectivity index is 1.71. The third-order valence-corrected chi connectivity index (χ3v) is 10.4. The Hall–Kier alpha value is -6.36. The smallest absolute Gasteiger partial charge is 0.268 e. The highest BCUT2D eigenvalue weighted by atomic mass is 32.2. The van der Waals surface area contributed by atoms with Gasteiger partial charge < -0.3 is 0 Å². The van der Waals surface area contributed by atoms with E-state index in [4.69, 9.17) is 0 Å². The van der Waals surface area contributed by atoms with Gasteiger partial charge in [-0.3, -0.25) is 4.79 Å². The van der Waals surface area contributed by atoms with Gasteiger partial charge in [-0.05, 0) is 66.2 Å². The van der Waals surface area contributed by atoms with E-state index >= 15 is 13.2 Å². The number of benzene rings is 5. The van der Waals surface area contributed by atoms with Crippen LogP contribution in [0.2, 0.25) is 0 Å². The maximum Gasteiger partial charge on any atom is 0.268 e. The first-order valence-corrected chi connectivity index (χ1v) is 18.4. The molecule has 0 aliphatic heterocycles. The summed E-state index contributed by atoms with van der Waals surface area (Å²) in [5.41, 5.74) is -2.96. The lowest BCUT2D eigenvalue weighted by atomic mass is 9.90. The molecule has 0 radical (unpaired) electrons. The van der Waals surface area contributed by atoms with Crippen molar-refractivity contribution in [1.29, 1.82) is 10.5 Å². The fourth-order valence-corrected chi connectivity index (χ4v) is 7.93. The predicted molar refractivity (Wildman–Crippen MR) is 184 cm³/mol. The minimum Gasteiger partial charge on any atom is -0.268 e. The molecule has 0 saturated carbocycles. The van der Waals surface area contributed by atoms with Gasteiger partial charge in [0.05, 0.1) is 51.2 Å². The summed E-state index contributed by atoms with van der Waals surface area (Å²) in [5.74, 6) is -4.72. The number of aromatic nitrogens is 1. The minimum absolute atomic E-state index is 0.0730. The summed E-state index contributed by atoms with van der Waals surface area (Å²) < 4.78 is 128. The summed E-state index contributed by atoms with van der Waals surface area (Å²) in [7, 11) is -8.89. The maximum atomic E-state index is 15.6. The highest BCUT2D eigenvalue weighted by Gasteiger charge is 2.32. The highest BCUT2D eigenvalue weighted by molar-refractivity contribution is 7.90. The topological polar surface area (TPSA) is 150 Å². The van der Waals surface area contributed by atoms with E-state index in [0.717, 1.165) is 46.4 Å². The van der Waals surface area contributed by atoms with Crippen molar-refractivity contribution in [2.75, 3.05) is 6.26 Å². The van der Waals surface area contributed by atoms with Crippen molar-refractivity contribution in [1.82, 2.24) is 8.69 Å². The highest BCUT2D eigenvalue weighted by Crippen LogP contribution is 2.46. The first kappa shape index (κ1) is 36.4. The van der Waals surface area contributed by atoms with Gasteiger partial charge in [0.15, 0.2) is 0 Å². The third-order valence-electron chi connectivity index (χ3n) is 8.12. The van der Waals surface area contributed by atoms with Crippen LogP contribution >= 0.6 is 0 Å². The van der Waals surface area contributed by atoms with Crippen LogP contribution < -0.4 is 4.72 Å². The quantitative estimate of drug-likeness (QED) is 0.157. The molecule has 0 unspecified atom stereocenters. The van der Waals surface area contributed by atoms with Crippen LogP contribution in [-0.2, 0) is 20.0 Å². The summed E-state index contributed by atoms with van der Waals surface area (Å²) in [6, 6.07) is 21.1. The van der Waals surface area contributed by atoms with Gasteiger partial charge in [0, 0.05) is 33.2 Å². The van der Waals surface area contributed by atoms with Crippen molar-refractivity contribution in [2.45, 2.75) is 11.3 Å². The molecule has 1 heterocycles. The van der Waals surface area contributed by atoms with Gasteiger partial charge in [-0.1, -0.05) is 36.4 Å². The monoisotopic (exact) mass is 760 g/mol. The van der Waals surface area contributed by atoms with Gasteiger partial charge in [-0.15, -0.1) is 0 Å². The van der Waals surface area contributed by atoms with Crippen LogP contribution in [0.25, 0.3) is 44.4 Å². The van der Waals surface area contributed by atoms with Gasteiger partial charge in [0.25, 0.3) is 22.4 Å². The van der Waals surface area contributed by atoms with Gasteiger partial charge in [-0.2, -0.15) is 10.5 Å². The molecule has 0 atom stereocenters. The molecule has 0 spiro atoms. The third kappa shape index (κ3) is 6.73. The number of nitrogens with one attached hydrogen (secondary N) is 1. The second-order valence-electron chi connectivity index (χ2n) is 11.6. The van der Waals surface area contributed by atoms with Crippen LogP contribution in [0, 0.1) is 40.1 Å². The standard InChI is InChI=1S/C37H21F5N4O5S2/c1-52(48,49)45-37(47)25-15-29(39)33(30(40)16-25)21-4-2-5-22(14-21)35-34(32-23(18-43)6-3-7-24(32)19-44)28-17-26(38)10-13-31(28)46(35)53(50,51)27-11-8-20(9-12-27)36(41)42/h2-17,36H,1H3,(H,45,47). The zero-order chi connectivity index (χ0) is 38.4. The number of halogens is 5. The van der Waals surface area contributed by atoms with Crippen LogP contribution in [-0.4, -0.2) is 33.0 Å². The number of nitrogens with zero attached hydrogens (tertiary/aromatic N) is 3. The normalized spacial score (nSPS) is 11.7. The molecule has 53 heavy (non-hydrogen) atoms. The Morgan fingerprint density at radius 1 is 0.736 bits per heavy atom. The fraction of sp³-hybridized carbons (Fsp3) is 0.0541. The van der Waals surface area contributed by atoms with Crippen LogP contribution in [0.5, 0.6) is 0 Å². The van der Waals surface area contributed by atoms with Crippen molar-refractivity contribution < 1.29 is 43.6 Å². The number of alkyl halides is 2. The molecule has 0 fully saturated rings. The number of nitriles is 2. The largest absolute Gasteiger partial charge is 0.268 e. The van der Waals surface area contributed by atoms with Crippen molar-refractivity contribution in [3.63, 3.8) is 0 Å². The van der Waals surface area contributed by atoms with Gasteiger partial charge in [-0.25, -0.2) is 47.5 Å². The van der Waals surface area contributed by atoms with E-state index in [1.54, 1.807) is 4.72 Å². The molecule has 6 rings (SSSR count). The molecule has 1 aromatic heterocycles. The molecule has 266 valence electrons. The number of carbonyl (C=O) groups is 1.